The van der Waals surface area contributed by atoms with E-state index in [4.69, 9.17) is 4.74 Å². The van der Waals surface area contributed by atoms with Crippen LogP contribution >= 0.6 is 0 Å². The molecule has 0 unspecified atom stereocenters. The van der Waals surface area contributed by atoms with Crippen LogP contribution in [-0.4, -0.2) is 66.2 Å². The maximum atomic E-state index is 12.6. The van der Waals surface area contributed by atoms with Crippen LogP contribution in [0.3, 0.4) is 0 Å². The molecule has 0 radical (unpaired) electrons. The van der Waals surface area contributed by atoms with E-state index in [1.165, 1.54) is 41.7 Å². The van der Waals surface area contributed by atoms with E-state index in [0.717, 1.165) is 0 Å². The van der Waals surface area contributed by atoms with Crippen LogP contribution in [0, 0.1) is 0 Å². The van der Waals surface area contributed by atoms with E-state index in [1.54, 1.807) is 20.8 Å². The Bertz CT molecular complexity index is 711. The van der Waals surface area contributed by atoms with E-state index in [9.17, 15) is 24.0 Å². The third-order valence-corrected chi connectivity index (χ3v) is 4.14. The SMILES string of the molecule is COC(=O)C(C)(C)NC(=O)[C@H](C)NC(=O)C(C)(C)NC(=O)CCCNC(=O)OC(C)(C)C. The van der Waals surface area contributed by atoms with Crippen LogP contribution in [0.5, 0.6) is 0 Å². The van der Waals surface area contributed by atoms with Crippen LogP contribution in [0.15, 0.2) is 0 Å². The molecule has 0 bridgehead atoms. The number of alkyl carbamates (subject to hydrolysis) is 1. The first-order valence-electron chi connectivity index (χ1n) is 10.4. The van der Waals surface area contributed by atoms with Gasteiger partial charge in [0.15, 0.2) is 0 Å². The molecule has 0 aliphatic rings. The molecule has 32 heavy (non-hydrogen) atoms. The molecule has 0 spiro atoms. The summed E-state index contributed by atoms with van der Waals surface area (Å²) >= 11 is 0. The number of esters is 1. The quantitative estimate of drug-likeness (QED) is 0.278. The van der Waals surface area contributed by atoms with E-state index in [2.05, 4.69) is 26.0 Å². The number of carbonyl (C=O) groups is 5. The summed E-state index contributed by atoms with van der Waals surface area (Å²) in [6.07, 6.45) is -0.139. The predicted molar refractivity (Wildman–Crippen MR) is 118 cm³/mol. The number of ether oxygens (including phenoxy) is 2. The van der Waals surface area contributed by atoms with Crippen molar-refractivity contribution in [2.75, 3.05) is 13.7 Å². The van der Waals surface area contributed by atoms with Crippen molar-refractivity contribution in [1.82, 2.24) is 21.3 Å². The highest BCUT2D eigenvalue weighted by Crippen LogP contribution is 2.08. The zero-order valence-corrected chi connectivity index (χ0v) is 20.6. The maximum absolute atomic E-state index is 12.6. The normalized spacial score (nSPS) is 12.8. The Morgan fingerprint density at radius 1 is 0.875 bits per heavy atom. The number of rotatable bonds is 10. The molecule has 0 aromatic rings. The minimum Gasteiger partial charge on any atom is -0.467 e. The molecule has 11 nitrogen and oxygen atoms in total. The number of methoxy groups -OCH3 is 1. The summed E-state index contributed by atoms with van der Waals surface area (Å²) in [7, 11) is 1.21. The van der Waals surface area contributed by atoms with Gasteiger partial charge in [0.2, 0.25) is 17.7 Å². The van der Waals surface area contributed by atoms with Crippen LogP contribution < -0.4 is 21.3 Å². The lowest BCUT2D eigenvalue weighted by molar-refractivity contribution is -0.149. The Labute approximate surface area is 189 Å². The summed E-state index contributed by atoms with van der Waals surface area (Å²) in [5, 5.41) is 10.2. The van der Waals surface area contributed by atoms with Gasteiger partial charge in [-0.2, -0.15) is 0 Å². The van der Waals surface area contributed by atoms with Crippen molar-refractivity contribution in [2.24, 2.45) is 0 Å². The van der Waals surface area contributed by atoms with Crippen LogP contribution in [0.1, 0.15) is 68.2 Å². The van der Waals surface area contributed by atoms with E-state index in [-0.39, 0.29) is 18.9 Å². The summed E-state index contributed by atoms with van der Waals surface area (Å²) < 4.78 is 9.73. The number of hydrogen-bond acceptors (Lipinski definition) is 7. The molecule has 0 saturated heterocycles. The monoisotopic (exact) mass is 458 g/mol. The highest BCUT2D eigenvalue weighted by Gasteiger charge is 2.35. The smallest absolute Gasteiger partial charge is 0.407 e. The Balaban J connectivity index is 4.56. The van der Waals surface area contributed by atoms with Gasteiger partial charge in [-0.3, -0.25) is 14.4 Å². The lowest BCUT2D eigenvalue weighted by Gasteiger charge is -2.29. The van der Waals surface area contributed by atoms with Gasteiger partial charge < -0.3 is 30.7 Å². The zero-order valence-electron chi connectivity index (χ0n) is 20.6. The summed E-state index contributed by atoms with van der Waals surface area (Å²) in [6.45, 7) is 12.9. The summed E-state index contributed by atoms with van der Waals surface area (Å²) in [4.78, 5) is 60.3. The van der Waals surface area contributed by atoms with Gasteiger partial charge in [-0.1, -0.05) is 0 Å². The first-order valence-corrected chi connectivity index (χ1v) is 10.4. The van der Waals surface area contributed by atoms with Crippen molar-refractivity contribution < 1.29 is 33.4 Å². The summed E-state index contributed by atoms with van der Waals surface area (Å²) in [5.41, 5.74) is -3.16. The van der Waals surface area contributed by atoms with Gasteiger partial charge in [0.1, 0.15) is 22.7 Å². The second kappa shape index (κ2) is 11.7. The number of amides is 4. The fourth-order valence-electron chi connectivity index (χ4n) is 2.39. The highest BCUT2D eigenvalue weighted by atomic mass is 16.6. The van der Waals surface area contributed by atoms with Crippen LogP contribution in [0.25, 0.3) is 0 Å². The van der Waals surface area contributed by atoms with Crippen LogP contribution in [0.4, 0.5) is 4.79 Å². The fourth-order valence-corrected chi connectivity index (χ4v) is 2.39. The number of hydrogen-bond donors (Lipinski definition) is 4. The van der Waals surface area contributed by atoms with Gasteiger partial charge in [-0.05, 0) is 61.8 Å². The molecule has 0 rings (SSSR count). The number of carbonyl (C=O) groups excluding carboxylic acids is 5. The van der Waals surface area contributed by atoms with E-state index in [1.807, 2.05) is 0 Å². The van der Waals surface area contributed by atoms with Crippen LogP contribution in [0.2, 0.25) is 0 Å². The van der Waals surface area contributed by atoms with Crippen LogP contribution in [-0.2, 0) is 28.7 Å². The minimum absolute atomic E-state index is 0.0792. The van der Waals surface area contributed by atoms with Gasteiger partial charge in [0.25, 0.3) is 0 Å². The molecule has 0 aliphatic carbocycles. The summed E-state index contributed by atoms with van der Waals surface area (Å²) in [6, 6.07) is -0.958. The largest absolute Gasteiger partial charge is 0.467 e. The van der Waals surface area contributed by atoms with Gasteiger partial charge >= 0.3 is 12.1 Å². The topological polar surface area (TPSA) is 152 Å². The average Bonchev–Trinajstić information content (AvgIpc) is 2.62. The van der Waals surface area contributed by atoms with Crippen molar-refractivity contribution in [3.8, 4) is 0 Å². The molecule has 4 amide bonds. The van der Waals surface area contributed by atoms with Crippen molar-refractivity contribution in [3.63, 3.8) is 0 Å². The van der Waals surface area contributed by atoms with E-state index < -0.39 is 46.6 Å². The number of nitrogens with one attached hydrogen (secondary N) is 4. The molecule has 0 aromatic carbocycles. The van der Waals surface area contributed by atoms with Crippen molar-refractivity contribution in [3.05, 3.63) is 0 Å². The predicted octanol–water partition coefficient (Wildman–Crippen LogP) is 0.759. The Hall–Kier alpha value is -2.85. The second-order valence-corrected chi connectivity index (χ2v) is 9.51. The summed E-state index contributed by atoms with van der Waals surface area (Å²) in [5.74, 6) is -2.17. The van der Waals surface area contributed by atoms with Gasteiger partial charge in [0, 0.05) is 13.0 Å². The van der Waals surface area contributed by atoms with E-state index in [0.29, 0.717) is 6.42 Å². The third-order valence-electron chi connectivity index (χ3n) is 4.14. The molecular weight excluding hydrogens is 420 g/mol. The lowest BCUT2D eigenvalue weighted by atomic mass is 10.0. The molecule has 0 aliphatic heterocycles. The molecule has 11 heteroatoms. The molecule has 184 valence electrons. The second-order valence-electron chi connectivity index (χ2n) is 9.51. The molecular formula is C21H38N4O7. The lowest BCUT2D eigenvalue weighted by Crippen LogP contribution is -2.60. The van der Waals surface area contributed by atoms with Gasteiger partial charge in [-0.25, -0.2) is 9.59 Å². The molecule has 0 heterocycles. The molecule has 0 aromatic heterocycles. The fraction of sp³-hybridized carbons (Fsp3) is 0.762. The van der Waals surface area contributed by atoms with Crippen molar-refractivity contribution >= 4 is 29.8 Å². The standard InChI is InChI=1S/C21H38N4O7/c1-13(15(27)25-21(7,8)17(29)31-9)23-16(28)20(5,6)24-14(26)11-10-12-22-18(30)32-19(2,3)4/h13H,10-12H2,1-9H3,(H,22,30)(H,23,28)(H,24,26)(H,25,27)/t13-/m0/s1. The Morgan fingerprint density at radius 3 is 1.94 bits per heavy atom. The zero-order chi connectivity index (χ0) is 25.3. The highest BCUT2D eigenvalue weighted by molar-refractivity contribution is 5.95. The molecule has 0 fully saturated rings. The maximum Gasteiger partial charge on any atom is 0.407 e. The molecule has 4 N–H and O–H groups in total. The molecule has 0 saturated carbocycles. The van der Waals surface area contributed by atoms with Crippen molar-refractivity contribution in [1.29, 1.82) is 0 Å². The Morgan fingerprint density at radius 2 is 1.44 bits per heavy atom. The Kier molecular flexibility index (Phi) is 10.6. The van der Waals surface area contributed by atoms with Gasteiger partial charge in [0.05, 0.1) is 7.11 Å². The molecule has 1 atom stereocenters. The van der Waals surface area contributed by atoms with E-state index >= 15 is 0 Å². The van der Waals surface area contributed by atoms with Crippen molar-refractivity contribution in [2.45, 2.75) is 91.0 Å². The first kappa shape index (κ1) is 29.1. The van der Waals surface area contributed by atoms with Gasteiger partial charge in [-0.15, -0.1) is 0 Å². The average molecular weight is 459 g/mol. The minimum atomic E-state index is -1.29. The first-order chi connectivity index (χ1) is 14.4. The third kappa shape index (κ3) is 11.0.